The summed E-state index contributed by atoms with van der Waals surface area (Å²) in [5.74, 6) is 1.98. The van der Waals surface area contributed by atoms with Crippen LogP contribution in [0, 0.1) is 0 Å². The third kappa shape index (κ3) is 3.81. The van der Waals surface area contributed by atoms with Gasteiger partial charge in [0.25, 0.3) is 0 Å². The van der Waals surface area contributed by atoms with Crippen molar-refractivity contribution in [3.8, 4) is 11.1 Å². The topological polar surface area (TPSA) is 75.6 Å². The molecular formula is C20H16N6. The van der Waals surface area contributed by atoms with E-state index in [-0.39, 0.29) is 0 Å². The van der Waals surface area contributed by atoms with Gasteiger partial charge in [0, 0.05) is 30.5 Å². The molecule has 0 amide bonds. The summed E-state index contributed by atoms with van der Waals surface area (Å²) in [4.78, 5) is 17.0. The van der Waals surface area contributed by atoms with E-state index in [9.17, 15) is 0 Å². The fourth-order valence-electron chi connectivity index (χ4n) is 2.50. The van der Waals surface area contributed by atoms with Crippen LogP contribution in [-0.4, -0.2) is 19.9 Å². The van der Waals surface area contributed by atoms with E-state index in [4.69, 9.17) is 0 Å². The molecule has 26 heavy (non-hydrogen) atoms. The highest BCUT2D eigenvalue weighted by Gasteiger charge is 2.04. The molecule has 0 saturated heterocycles. The minimum absolute atomic E-state index is 0.512. The number of rotatable bonds is 5. The number of hydrogen-bond acceptors (Lipinski definition) is 6. The first kappa shape index (κ1) is 15.7. The number of anilines is 4. The molecule has 6 nitrogen and oxygen atoms in total. The summed E-state index contributed by atoms with van der Waals surface area (Å²) in [6, 6.07) is 19.6. The summed E-state index contributed by atoms with van der Waals surface area (Å²) in [6.45, 7) is 0. The zero-order valence-corrected chi connectivity index (χ0v) is 13.9. The van der Waals surface area contributed by atoms with Crippen molar-refractivity contribution in [1.82, 2.24) is 19.9 Å². The summed E-state index contributed by atoms with van der Waals surface area (Å²) in [6.07, 6.45) is 6.91. The van der Waals surface area contributed by atoms with Gasteiger partial charge in [-0.3, -0.25) is 0 Å². The minimum Gasteiger partial charge on any atom is -0.340 e. The Kier molecular flexibility index (Phi) is 4.47. The molecule has 126 valence electrons. The Labute approximate surface area is 151 Å². The van der Waals surface area contributed by atoms with Gasteiger partial charge in [-0.05, 0) is 53.6 Å². The highest BCUT2D eigenvalue weighted by Crippen LogP contribution is 2.25. The predicted molar refractivity (Wildman–Crippen MR) is 103 cm³/mol. The van der Waals surface area contributed by atoms with E-state index in [0.29, 0.717) is 11.8 Å². The van der Waals surface area contributed by atoms with Gasteiger partial charge >= 0.3 is 0 Å². The monoisotopic (exact) mass is 340 g/mol. The molecule has 0 radical (unpaired) electrons. The molecule has 4 rings (SSSR count). The number of hydrogen-bond donors (Lipinski definition) is 2. The van der Waals surface area contributed by atoms with Crippen molar-refractivity contribution in [2.75, 3.05) is 10.6 Å². The van der Waals surface area contributed by atoms with E-state index in [1.54, 1.807) is 30.9 Å². The van der Waals surface area contributed by atoms with Crippen LogP contribution in [0.25, 0.3) is 11.1 Å². The maximum absolute atomic E-state index is 4.39. The zero-order chi connectivity index (χ0) is 17.6. The summed E-state index contributed by atoms with van der Waals surface area (Å²) >= 11 is 0. The van der Waals surface area contributed by atoms with Gasteiger partial charge < -0.3 is 10.6 Å². The van der Waals surface area contributed by atoms with E-state index in [1.807, 2.05) is 54.6 Å². The maximum Gasteiger partial charge on any atom is 0.228 e. The normalized spacial score (nSPS) is 10.3. The summed E-state index contributed by atoms with van der Waals surface area (Å²) in [5, 5.41) is 6.41. The molecule has 4 aromatic rings. The van der Waals surface area contributed by atoms with Crippen molar-refractivity contribution in [3.05, 3.63) is 85.5 Å². The second-order valence-corrected chi connectivity index (χ2v) is 5.55. The molecule has 0 fully saturated rings. The lowest BCUT2D eigenvalue weighted by atomic mass is 10.1. The van der Waals surface area contributed by atoms with Gasteiger partial charge in [0.2, 0.25) is 5.95 Å². The summed E-state index contributed by atoms with van der Waals surface area (Å²) in [7, 11) is 0. The van der Waals surface area contributed by atoms with E-state index in [2.05, 4.69) is 30.6 Å². The van der Waals surface area contributed by atoms with Crippen LogP contribution in [0.15, 0.2) is 85.5 Å². The molecule has 3 aromatic heterocycles. The first-order valence-corrected chi connectivity index (χ1v) is 8.15. The van der Waals surface area contributed by atoms with Gasteiger partial charge in [0.05, 0.1) is 0 Å². The molecule has 0 atom stereocenters. The first-order valence-electron chi connectivity index (χ1n) is 8.15. The Morgan fingerprint density at radius 1 is 0.538 bits per heavy atom. The molecule has 0 aliphatic carbocycles. The van der Waals surface area contributed by atoms with Gasteiger partial charge in [-0.1, -0.05) is 18.2 Å². The minimum atomic E-state index is 0.512. The molecule has 2 N–H and O–H groups in total. The fourth-order valence-corrected chi connectivity index (χ4v) is 2.50. The van der Waals surface area contributed by atoms with E-state index in [1.165, 1.54) is 0 Å². The smallest absolute Gasteiger partial charge is 0.228 e. The van der Waals surface area contributed by atoms with Crippen LogP contribution in [0.5, 0.6) is 0 Å². The van der Waals surface area contributed by atoms with Crippen LogP contribution in [0.3, 0.4) is 0 Å². The maximum atomic E-state index is 4.39. The van der Waals surface area contributed by atoms with Gasteiger partial charge in [-0.15, -0.1) is 0 Å². The molecule has 6 heteroatoms. The van der Waals surface area contributed by atoms with Gasteiger partial charge in [-0.2, -0.15) is 0 Å². The Hall–Kier alpha value is -3.80. The summed E-state index contributed by atoms with van der Waals surface area (Å²) in [5.41, 5.74) is 3.06. The number of benzene rings is 1. The molecule has 0 aliphatic heterocycles. The highest BCUT2D eigenvalue weighted by molar-refractivity contribution is 5.70. The van der Waals surface area contributed by atoms with E-state index in [0.717, 1.165) is 22.6 Å². The SMILES string of the molecule is c1ccc(Nc2cc(-c3ccnc(Nc4ncccn4)c3)ccn2)cc1. The Morgan fingerprint density at radius 2 is 1.15 bits per heavy atom. The Balaban J connectivity index is 1.57. The number of pyridine rings is 2. The Morgan fingerprint density at radius 3 is 1.81 bits per heavy atom. The van der Waals surface area contributed by atoms with Crippen LogP contribution in [0.2, 0.25) is 0 Å². The number of nitrogens with one attached hydrogen (secondary N) is 2. The van der Waals surface area contributed by atoms with Crippen molar-refractivity contribution in [3.63, 3.8) is 0 Å². The van der Waals surface area contributed by atoms with E-state index >= 15 is 0 Å². The number of aromatic nitrogens is 4. The van der Waals surface area contributed by atoms with Crippen molar-refractivity contribution in [2.45, 2.75) is 0 Å². The molecule has 0 spiro atoms. The largest absolute Gasteiger partial charge is 0.340 e. The standard InChI is InChI=1S/C20H16N6/c1-2-5-17(6-3-1)25-18-13-15(7-11-21-18)16-8-12-22-19(14-16)26-20-23-9-4-10-24-20/h1-14H,(H,21,25)(H,22,23,24,26). The number of nitrogens with zero attached hydrogens (tertiary/aromatic N) is 4. The lowest BCUT2D eigenvalue weighted by Crippen LogP contribution is -1.98. The highest BCUT2D eigenvalue weighted by atomic mass is 15.1. The van der Waals surface area contributed by atoms with Crippen molar-refractivity contribution in [2.24, 2.45) is 0 Å². The molecule has 0 saturated carbocycles. The average molecular weight is 340 g/mol. The van der Waals surface area contributed by atoms with Crippen LogP contribution in [0.1, 0.15) is 0 Å². The lowest BCUT2D eigenvalue weighted by Gasteiger charge is -2.09. The van der Waals surface area contributed by atoms with Gasteiger partial charge in [-0.25, -0.2) is 19.9 Å². The van der Waals surface area contributed by atoms with Crippen LogP contribution >= 0.6 is 0 Å². The van der Waals surface area contributed by atoms with Crippen LogP contribution in [0.4, 0.5) is 23.3 Å². The van der Waals surface area contributed by atoms with Crippen molar-refractivity contribution >= 4 is 23.3 Å². The number of para-hydroxylation sites is 1. The van der Waals surface area contributed by atoms with Crippen LogP contribution in [-0.2, 0) is 0 Å². The summed E-state index contributed by atoms with van der Waals surface area (Å²) < 4.78 is 0. The molecule has 0 unspecified atom stereocenters. The van der Waals surface area contributed by atoms with Gasteiger partial charge in [0.15, 0.2) is 0 Å². The van der Waals surface area contributed by atoms with Crippen molar-refractivity contribution < 1.29 is 0 Å². The average Bonchev–Trinajstić information content (AvgIpc) is 2.70. The van der Waals surface area contributed by atoms with Crippen LogP contribution < -0.4 is 10.6 Å². The third-order valence-electron chi connectivity index (χ3n) is 3.71. The Bertz CT molecular complexity index is 906. The molecular weight excluding hydrogens is 324 g/mol. The second kappa shape index (κ2) is 7.40. The van der Waals surface area contributed by atoms with Gasteiger partial charge in [0.1, 0.15) is 11.6 Å². The zero-order valence-electron chi connectivity index (χ0n) is 13.9. The second-order valence-electron chi connectivity index (χ2n) is 5.55. The molecule has 0 bridgehead atoms. The lowest BCUT2D eigenvalue weighted by molar-refractivity contribution is 1.15. The quantitative estimate of drug-likeness (QED) is 0.560. The predicted octanol–water partition coefficient (Wildman–Crippen LogP) is 4.42. The third-order valence-corrected chi connectivity index (χ3v) is 3.71. The van der Waals surface area contributed by atoms with Crippen molar-refractivity contribution in [1.29, 1.82) is 0 Å². The van der Waals surface area contributed by atoms with E-state index < -0.39 is 0 Å². The molecule has 3 heterocycles. The molecule has 1 aromatic carbocycles. The fraction of sp³-hybridized carbons (Fsp3) is 0. The first-order chi connectivity index (χ1) is 12.9. The molecule has 0 aliphatic rings.